The molecule has 7 heteroatoms. The van der Waals surface area contributed by atoms with E-state index in [1.165, 1.54) is 16.4 Å². The molecule has 1 atom stereocenters. The maximum Gasteiger partial charge on any atom is 0.264 e. The van der Waals surface area contributed by atoms with Crippen LogP contribution in [0.3, 0.4) is 0 Å². The Balaban J connectivity index is 1.77. The van der Waals surface area contributed by atoms with Gasteiger partial charge < -0.3 is 10.1 Å². The van der Waals surface area contributed by atoms with Crippen molar-refractivity contribution in [2.45, 2.75) is 50.7 Å². The molecule has 1 aliphatic heterocycles. The lowest BCUT2D eigenvalue weighted by atomic mass is 10.0. The van der Waals surface area contributed by atoms with E-state index in [1.54, 1.807) is 19.1 Å². The van der Waals surface area contributed by atoms with Gasteiger partial charge in [-0.3, -0.25) is 9.10 Å². The van der Waals surface area contributed by atoms with Crippen molar-refractivity contribution in [3.05, 3.63) is 54.1 Å². The molecule has 0 spiro atoms. The number of aryl methyl sites for hydroxylation is 1. The molecule has 1 N–H and O–H groups in total. The molecule has 1 amide bonds. The summed E-state index contributed by atoms with van der Waals surface area (Å²) in [5, 5.41) is 2.78. The molecule has 2 aromatic carbocycles. The number of amides is 1. The fourth-order valence-corrected chi connectivity index (χ4v) is 4.77. The van der Waals surface area contributed by atoms with Gasteiger partial charge in [-0.2, -0.15) is 0 Å². The third-order valence-electron chi connectivity index (χ3n) is 4.59. The van der Waals surface area contributed by atoms with E-state index in [0.29, 0.717) is 12.3 Å². The highest BCUT2D eigenvalue weighted by atomic mass is 32.2. The summed E-state index contributed by atoms with van der Waals surface area (Å²) in [5.74, 6) is 0.237. The Kier molecular flexibility index (Phi) is 5.93. The van der Waals surface area contributed by atoms with Crippen LogP contribution in [0, 0.1) is 0 Å². The van der Waals surface area contributed by atoms with Crippen molar-refractivity contribution in [2.24, 2.45) is 0 Å². The molecule has 0 aliphatic carbocycles. The van der Waals surface area contributed by atoms with Crippen LogP contribution in [0.15, 0.2) is 53.4 Å². The Morgan fingerprint density at radius 3 is 2.43 bits per heavy atom. The number of carbonyl (C=O) groups is 1. The van der Waals surface area contributed by atoms with Crippen LogP contribution in [0.25, 0.3) is 0 Å². The maximum absolute atomic E-state index is 13.1. The van der Waals surface area contributed by atoms with Gasteiger partial charge in [-0.05, 0) is 69.5 Å². The van der Waals surface area contributed by atoms with Gasteiger partial charge in [0.05, 0.1) is 10.6 Å². The molecular weight excluding hydrogens is 376 g/mol. The zero-order chi connectivity index (χ0) is 20.3. The van der Waals surface area contributed by atoms with E-state index >= 15 is 0 Å². The summed E-state index contributed by atoms with van der Waals surface area (Å²) in [7, 11) is -3.65. The Hall–Kier alpha value is -2.54. The highest BCUT2D eigenvalue weighted by Gasteiger charge is 2.29. The molecule has 28 heavy (non-hydrogen) atoms. The lowest BCUT2D eigenvalue weighted by Crippen LogP contribution is -2.40. The van der Waals surface area contributed by atoms with Crippen LogP contribution in [-0.2, 0) is 21.2 Å². The van der Waals surface area contributed by atoms with Gasteiger partial charge in [0.1, 0.15) is 5.75 Å². The Morgan fingerprint density at radius 1 is 1.07 bits per heavy atom. The lowest BCUT2D eigenvalue weighted by Gasteiger charge is -2.30. The number of rotatable bonds is 6. The first kappa shape index (κ1) is 20.2. The minimum absolute atomic E-state index is 0.0264. The zero-order valence-electron chi connectivity index (χ0n) is 16.4. The second-order valence-corrected chi connectivity index (χ2v) is 9.07. The standard InChI is InChI=1S/C21H26N2O4S/c1-15(2)22-21(24)16(3)27-18-10-12-19(13-11-18)28(25,26)23-14-6-8-17-7-4-5-9-20(17)23/h4-5,7,9-13,15-16H,6,8,14H2,1-3H3,(H,22,24)/t16-/m0/s1. The van der Waals surface area contributed by atoms with Crippen molar-refractivity contribution in [3.8, 4) is 5.75 Å². The predicted octanol–water partition coefficient (Wildman–Crippen LogP) is 3.12. The van der Waals surface area contributed by atoms with Crippen LogP contribution in [0.2, 0.25) is 0 Å². The summed E-state index contributed by atoms with van der Waals surface area (Å²) in [5.41, 5.74) is 1.79. The largest absolute Gasteiger partial charge is 0.481 e. The van der Waals surface area contributed by atoms with Gasteiger partial charge in [0.15, 0.2) is 6.10 Å². The highest BCUT2D eigenvalue weighted by molar-refractivity contribution is 7.92. The van der Waals surface area contributed by atoms with Crippen LogP contribution >= 0.6 is 0 Å². The van der Waals surface area contributed by atoms with Crippen LogP contribution in [0.1, 0.15) is 32.8 Å². The first-order chi connectivity index (χ1) is 13.3. The number of fused-ring (bicyclic) bond motifs is 1. The second-order valence-electron chi connectivity index (χ2n) is 7.20. The van der Waals surface area contributed by atoms with E-state index in [2.05, 4.69) is 5.32 Å². The summed E-state index contributed by atoms with van der Waals surface area (Å²) in [6.07, 6.45) is 1.00. The van der Waals surface area contributed by atoms with Crippen LogP contribution in [-0.4, -0.2) is 33.0 Å². The van der Waals surface area contributed by atoms with Crippen molar-refractivity contribution in [1.29, 1.82) is 0 Å². The fourth-order valence-electron chi connectivity index (χ4n) is 3.23. The minimum atomic E-state index is -3.65. The second kappa shape index (κ2) is 8.22. The molecule has 1 heterocycles. The van der Waals surface area contributed by atoms with Crippen LogP contribution in [0.4, 0.5) is 5.69 Å². The van der Waals surface area contributed by atoms with Gasteiger partial charge in [0.25, 0.3) is 15.9 Å². The topological polar surface area (TPSA) is 75.7 Å². The maximum atomic E-state index is 13.1. The van der Waals surface area contributed by atoms with E-state index in [-0.39, 0.29) is 16.8 Å². The lowest BCUT2D eigenvalue weighted by molar-refractivity contribution is -0.127. The van der Waals surface area contributed by atoms with E-state index < -0.39 is 16.1 Å². The van der Waals surface area contributed by atoms with Gasteiger partial charge in [-0.15, -0.1) is 0 Å². The van der Waals surface area contributed by atoms with Gasteiger partial charge in [-0.25, -0.2) is 8.42 Å². The molecule has 3 rings (SSSR count). The fraction of sp³-hybridized carbons (Fsp3) is 0.381. The van der Waals surface area contributed by atoms with E-state index in [9.17, 15) is 13.2 Å². The average Bonchev–Trinajstić information content (AvgIpc) is 2.67. The number of hydrogen-bond donors (Lipinski definition) is 1. The van der Waals surface area contributed by atoms with E-state index in [0.717, 1.165) is 24.1 Å². The smallest absolute Gasteiger partial charge is 0.264 e. The number of anilines is 1. The number of benzene rings is 2. The highest BCUT2D eigenvalue weighted by Crippen LogP contribution is 2.32. The zero-order valence-corrected chi connectivity index (χ0v) is 17.2. The quantitative estimate of drug-likeness (QED) is 0.806. The first-order valence-electron chi connectivity index (χ1n) is 9.47. The van der Waals surface area contributed by atoms with E-state index in [4.69, 9.17) is 4.74 Å². The van der Waals surface area contributed by atoms with Crippen molar-refractivity contribution >= 4 is 21.6 Å². The van der Waals surface area contributed by atoms with Crippen LogP contribution < -0.4 is 14.4 Å². The number of hydrogen-bond acceptors (Lipinski definition) is 4. The summed E-state index contributed by atoms with van der Waals surface area (Å²) < 4.78 is 33.4. The Labute approximate surface area is 166 Å². The molecule has 0 fully saturated rings. The number of para-hydroxylation sites is 1. The Bertz CT molecular complexity index is 939. The number of nitrogens with zero attached hydrogens (tertiary/aromatic N) is 1. The minimum Gasteiger partial charge on any atom is -0.481 e. The normalized spacial score (nSPS) is 15.1. The van der Waals surface area contributed by atoms with Gasteiger partial charge in [0.2, 0.25) is 0 Å². The average molecular weight is 403 g/mol. The van der Waals surface area contributed by atoms with Crippen molar-refractivity contribution in [2.75, 3.05) is 10.8 Å². The first-order valence-corrected chi connectivity index (χ1v) is 10.9. The molecule has 0 bridgehead atoms. The summed E-state index contributed by atoms with van der Waals surface area (Å²) in [6, 6.07) is 13.8. The van der Waals surface area contributed by atoms with Crippen molar-refractivity contribution < 1.29 is 17.9 Å². The molecular formula is C21H26N2O4S. The third kappa shape index (κ3) is 4.30. The number of nitrogens with one attached hydrogen (secondary N) is 1. The molecule has 0 radical (unpaired) electrons. The molecule has 0 unspecified atom stereocenters. The molecule has 2 aromatic rings. The summed E-state index contributed by atoms with van der Waals surface area (Å²) >= 11 is 0. The molecule has 150 valence electrons. The van der Waals surface area contributed by atoms with Crippen molar-refractivity contribution in [1.82, 2.24) is 5.32 Å². The van der Waals surface area contributed by atoms with Crippen molar-refractivity contribution in [3.63, 3.8) is 0 Å². The summed E-state index contributed by atoms with van der Waals surface area (Å²) in [4.78, 5) is 12.2. The van der Waals surface area contributed by atoms with E-state index in [1.807, 2.05) is 38.1 Å². The van der Waals surface area contributed by atoms with Crippen LogP contribution in [0.5, 0.6) is 5.75 Å². The molecule has 0 saturated carbocycles. The van der Waals surface area contributed by atoms with Gasteiger partial charge in [0, 0.05) is 12.6 Å². The summed E-state index contributed by atoms with van der Waals surface area (Å²) in [6.45, 7) is 5.88. The molecule has 6 nitrogen and oxygen atoms in total. The molecule has 0 saturated heterocycles. The van der Waals surface area contributed by atoms with Gasteiger partial charge in [-0.1, -0.05) is 18.2 Å². The van der Waals surface area contributed by atoms with Gasteiger partial charge >= 0.3 is 0 Å². The molecule has 0 aromatic heterocycles. The monoisotopic (exact) mass is 402 g/mol. The molecule has 1 aliphatic rings. The number of ether oxygens (including phenoxy) is 1. The number of sulfonamides is 1. The Morgan fingerprint density at radius 2 is 1.75 bits per heavy atom. The third-order valence-corrected chi connectivity index (χ3v) is 6.42. The number of carbonyl (C=O) groups excluding carboxylic acids is 1. The SMILES string of the molecule is CC(C)NC(=O)[C@H](C)Oc1ccc(S(=O)(=O)N2CCCc3ccccc32)cc1. The predicted molar refractivity (Wildman–Crippen MR) is 109 cm³/mol.